The minimum Gasteiger partial charge on any atom is -0.338 e. The van der Waals surface area contributed by atoms with Crippen LogP contribution in [0.2, 0.25) is 0 Å². The van der Waals surface area contributed by atoms with Crippen LogP contribution in [0.3, 0.4) is 0 Å². The molecule has 0 bridgehead atoms. The maximum atomic E-state index is 12.1. The first-order valence-electron chi connectivity index (χ1n) is 9.41. The zero-order chi connectivity index (χ0) is 18.2. The quantitative estimate of drug-likeness (QED) is 0.748. The molecule has 1 unspecified atom stereocenters. The second-order valence-electron chi connectivity index (χ2n) is 6.95. The number of anilines is 1. The number of urea groups is 1. The van der Waals surface area contributed by atoms with E-state index in [9.17, 15) is 4.79 Å². The largest absolute Gasteiger partial charge is 0.338 e. The van der Waals surface area contributed by atoms with Crippen molar-refractivity contribution in [2.24, 2.45) is 0 Å². The maximum Gasteiger partial charge on any atom is 0.319 e. The summed E-state index contributed by atoms with van der Waals surface area (Å²) in [5.74, 6) is 0. The fourth-order valence-corrected chi connectivity index (χ4v) is 3.35. The molecule has 0 spiro atoms. The Morgan fingerprint density at radius 3 is 2.92 bits per heavy atom. The number of aromatic nitrogens is 3. The predicted octanol–water partition coefficient (Wildman–Crippen LogP) is 2.86. The number of piperidine rings is 1. The first-order valence-corrected chi connectivity index (χ1v) is 9.41. The highest BCUT2D eigenvalue weighted by atomic mass is 16.2. The Balaban J connectivity index is 1.43. The van der Waals surface area contributed by atoms with Crippen molar-refractivity contribution >= 4 is 11.7 Å². The van der Waals surface area contributed by atoms with E-state index in [0.29, 0.717) is 12.6 Å². The van der Waals surface area contributed by atoms with Crippen LogP contribution >= 0.6 is 0 Å². The molecule has 1 atom stereocenters. The van der Waals surface area contributed by atoms with Gasteiger partial charge >= 0.3 is 6.03 Å². The number of likely N-dealkylation sites (tertiary alicyclic amines) is 1. The molecule has 0 saturated carbocycles. The summed E-state index contributed by atoms with van der Waals surface area (Å²) in [6.07, 6.45) is 8.06. The van der Waals surface area contributed by atoms with E-state index in [0.717, 1.165) is 31.7 Å². The van der Waals surface area contributed by atoms with Gasteiger partial charge in [-0.05, 0) is 50.4 Å². The van der Waals surface area contributed by atoms with Gasteiger partial charge in [0, 0.05) is 31.4 Å². The van der Waals surface area contributed by atoms with E-state index in [1.54, 1.807) is 12.7 Å². The van der Waals surface area contributed by atoms with E-state index in [1.165, 1.54) is 24.8 Å². The van der Waals surface area contributed by atoms with E-state index >= 15 is 0 Å². The number of hydrogen-bond donors (Lipinski definition) is 2. The van der Waals surface area contributed by atoms with Crippen molar-refractivity contribution in [2.45, 2.75) is 51.7 Å². The van der Waals surface area contributed by atoms with E-state index in [-0.39, 0.29) is 6.03 Å². The van der Waals surface area contributed by atoms with Gasteiger partial charge in [-0.3, -0.25) is 4.90 Å². The van der Waals surface area contributed by atoms with E-state index in [1.807, 2.05) is 16.7 Å². The molecule has 26 heavy (non-hydrogen) atoms. The summed E-state index contributed by atoms with van der Waals surface area (Å²) in [7, 11) is 0. The minimum absolute atomic E-state index is 0.169. The van der Waals surface area contributed by atoms with Crippen LogP contribution in [0.4, 0.5) is 10.5 Å². The Morgan fingerprint density at radius 2 is 2.12 bits per heavy atom. The smallest absolute Gasteiger partial charge is 0.319 e. The molecular weight excluding hydrogens is 328 g/mol. The SMILES string of the molecule is CC1CCCCN1Cc1cccc(NC(=O)NCCCn2cnnc2)c1. The predicted molar refractivity (Wildman–Crippen MR) is 102 cm³/mol. The van der Waals surface area contributed by atoms with Crippen LogP contribution in [-0.2, 0) is 13.1 Å². The molecule has 2 aromatic rings. The average Bonchev–Trinajstić information content (AvgIpc) is 3.15. The fraction of sp³-hybridized carbons (Fsp3) is 0.526. The number of hydrogen-bond acceptors (Lipinski definition) is 4. The summed E-state index contributed by atoms with van der Waals surface area (Å²) in [4.78, 5) is 14.6. The molecule has 2 heterocycles. The van der Waals surface area contributed by atoms with Crippen LogP contribution in [0.25, 0.3) is 0 Å². The van der Waals surface area contributed by atoms with Crippen molar-refractivity contribution in [1.82, 2.24) is 25.0 Å². The molecule has 1 saturated heterocycles. The fourth-order valence-electron chi connectivity index (χ4n) is 3.35. The zero-order valence-corrected chi connectivity index (χ0v) is 15.4. The highest BCUT2D eigenvalue weighted by molar-refractivity contribution is 5.89. The third kappa shape index (κ3) is 5.56. The lowest BCUT2D eigenvalue weighted by molar-refractivity contribution is 0.152. The van der Waals surface area contributed by atoms with Gasteiger partial charge < -0.3 is 15.2 Å². The van der Waals surface area contributed by atoms with Gasteiger partial charge in [-0.1, -0.05) is 18.6 Å². The van der Waals surface area contributed by atoms with Crippen molar-refractivity contribution < 1.29 is 4.79 Å². The van der Waals surface area contributed by atoms with Gasteiger partial charge in [0.2, 0.25) is 0 Å². The lowest BCUT2D eigenvalue weighted by Crippen LogP contribution is -2.36. The van der Waals surface area contributed by atoms with E-state index in [2.05, 4.69) is 44.8 Å². The Labute approximate surface area is 154 Å². The number of nitrogens with one attached hydrogen (secondary N) is 2. The first kappa shape index (κ1) is 18.4. The van der Waals surface area contributed by atoms with Crippen LogP contribution in [0.5, 0.6) is 0 Å². The van der Waals surface area contributed by atoms with Crippen LogP contribution in [0.15, 0.2) is 36.9 Å². The van der Waals surface area contributed by atoms with Crippen molar-refractivity contribution in [1.29, 1.82) is 0 Å². The number of carbonyl (C=O) groups excluding carboxylic acids is 1. The lowest BCUT2D eigenvalue weighted by atomic mass is 10.0. The first-order chi connectivity index (χ1) is 12.7. The van der Waals surface area contributed by atoms with Gasteiger partial charge in [0.05, 0.1) is 0 Å². The van der Waals surface area contributed by atoms with Crippen molar-refractivity contribution in [3.05, 3.63) is 42.5 Å². The van der Waals surface area contributed by atoms with Crippen molar-refractivity contribution in [2.75, 3.05) is 18.4 Å². The minimum atomic E-state index is -0.169. The summed E-state index contributed by atoms with van der Waals surface area (Å²) < 4.78 is 1.89. The molecule has 1 aromatic carbocycles. The second kappa shape index (κ2) is 9.33. The summed E-state index contributed by atoms with van der Waals surface area (Å²) in [5, 5.41) is 13.3. The molecular formula is C19H28N6O. The zero-order valence-electron chi connectivity index (χ0n) is 15.4. The average molecular weight is 356 g/mol. The topological polar surface area (TPSA) is 75.1 Å². The van der Waals surface area contributed by atoms with Crippen molar-refractivity contribution in [3.63, 3.8) is 0 Å². The van der Waals surface area contributed by atoms with Gasteiger partial charge in [0.25, 0.3) is 0 Å². The summed E-state index contributed by atoms with van der Waals surface area (Å²) in [5.41, 5.74) is 2.08. The molecule has 1 aliphatic rings. The van der Waals surface area contributed by atoms with E-state index in [4.69, 9.17) is 0 Å². The third-order valence-corrected chi connectivity index (χ3v) is 4.86. The molecule has 7 heteroatoms. The van der Waals surface area contributed by atoms with Crippen LogP contribution in [0, 0.1) is 0 Å². The lowest BCUT2D eigenvalue weighted by Gasteiger charge is -2.33. The third-order valence-electron chi connectivity index (χ3n) is 4.86. The Morgan fingerprint density at radius 1 is 1.27 bits per heavy atom. The van der Waals surface area contributed by atoms with Gasteiger partial charge in [-0.25, -0.2) is 4.79 Å². The number of amides is 2. The second-order valence-corrected chi connectivity index (χ2v) is 6.95. The van der Waals surface area contributed by atoms with Gasteiger partial charge in [-0.2, -0.15) is 0 Å². The highest BCUT2D eigenvalue weighted by Gasteiger charge is 2.18. The summed E-state index contributed by atoms with van der Waals surface area (Å²) in [6, 6.07) is 8.60. The molecule has 1 aromatic heterocycles. The molecule has 2 amide bonds. The molecule has 0 aliphatic carbocycles. The van der Waals surface area contributed by atoms with Crippen LogP contribution in [-0.4, -0.2) is 44.8 Å². The number of aryl methyl sites for hydroxylation is 1. The molecule has 0 radical (unpaired) electrons. The molecule has 2 N–H and O–H groups in total. The van der Waals surface area contributed by atoms with Crippen LogP contribution < -0.4 is 10.6 Å². The summed E-state index contributed by atoms with van der Waals surface area (Å²) >= 11 is 0. The normalized spacial score (nSPS) is 17.8. The van der Waals surface area contributed by atoms with Gasteiger partial charge in [0.15, 0.2) is 0 Å². The Hall–Kier alpha value is -2.41. The number of benzene rings is 1. The molecule has 7 nitrogen and oxygen atoms in total. The number of rotatable bonds is 7. The molecule has 3 rings (SSSR count). The van der Waals surface area contributed by atoms with Gasteiger partial charge in [-0.15, -0.1) is 10.2 Å². The van der Waals surface area contributed by atoms with Crippen LogP contribution in [0.1, 0.15) is 38.2 Å². The van der Waals surface area contributed by atoms with Crippen molar-refractivity contribution in [3.8, 4) is 0 Å². The standard InChI is InChI=1S/C19H28N6O/c1-16-6-2-3-11-25(16)13-17-7-4-8-18(12-17)23-19(26)20-9-5-10-24-14-21-22-15-24/h4,7-8,12,14-16H,2-3,5-6,9-11,13H2,1H3,(H2,20,23,26). The van der Waals surface area contributed by atoms with Gasteiger partial charge in [0.1, 0.15) is 12.7 Å². The maximum absolute atomic E-state index is 12.1. The Kier molecular flexibility index (Phi) is 6.60. The highest BCUT2D eigenvalue weighted by Crippen LogP contribution is 2.20. The summed E-state index contributed by atoms with van der Waals surface area (Å²) in [6.45, 7) is 5.79. The Bertz CT molecular complexity index is 687. The number of nitrogens with zero attached hydrogens (tertiary/aromatic N) is 4. The number of carbonyl (C=O) groups is 1. The molecule has 140 valence electrons. The van der Waals surface area contributed by atoms with E-state index < -0.39 is 0 Å². The molecule has 1 aliphatic heterocycles. The monoisotopic (exact) mass is 356 g/mol. The molecule has 1 fully saturated rings.